The third-order valence-corrected chi connectivity index (χ3v) is 3.30. The van der Waals surface area contributed by atoms with Gasteiger partial charge in [0.05, 0.1) is 5.57 Å². The minimum absolute atomic E-state index is 0.148. The Morgan fingerprint density at radius 3 is 2.87 bits per heavy atom. The van der Waals surface area contributed by atoms with E-state index in [1.807, 2.05) is 19.9 Å². The first kappa shape index (κ1) is 14.8. The van der Waals surface area contributed by atoms with Crippen molar-refractivity contribution < 1.29 is 14.3 Å². The SMILES string of the molecule is CC1=CC(C)=N/C(=C(/C=N)C(=O)Nc2ccc3c(c2)OCO3)N1. The van der Waals surface area contributed by atoms with Crippen LogP contribution in [-0.2, 0) is 4.79 Å². The minimum atomic E-state index is -0.424. The molecule has 0 atom stereocenters. The van der Waals surface area contributed by atoms with E-state index in [2.05, 4.69) is 15.6 Å². The summed E-state index contributed by atoms with van der Waals surface area (Å²) in [5.74, 6) is 1.15. The molecular formula is C16H16N4O3. The van der Waals surface area contributed by atoms with Crippen LogP contribution in [-0.4, -0.2) is 24.6 Å². The molecule has 0 unspecified atom stereocenters. The van der Waals surface area contributed by atoms with Crippen LogP contribution in [0.4, 0.5) is 5.69 Å². The molecule has 2 aliphatic rings. The number of nitrogens with one attached hydrogen (secondary N) is 3. The lowest BCUT2D eigenvalue weighted by Crippen LogP contribution is -2.24. The van der Waals surface area contributed by atoms with E-state index in [0.717, 1.165) is 17.6 Å². The second-order valence-corrected chi connectivity index (χ2v) is 5.13. The van der Waals surface area contributed by atoms with E-state index in [4.69, 9.17) is 14.9 Å². The van der Waals surface area contributed by atoms with Gasteiger partial charge in [-0.2, -0.15) is 0 Å². The van der Waals surface area contributed by atoms with Crippen LogP contribution in [0.25, 0.3) is 0 Å². The van der Waals surface area contributed by atoms with Crippen LogP contribution >= 0.6 is 0 Å². The van der Waals surface area contributed by atoms with Crippen LogP contribution in [0.15, 0.2) is 46.4 Å². The summed E-state index contributed by atoms with van der Waals surface area (Å²) in [6.45, 7) is 3.88. The molecule has 0 bridgehead atoms. The maximum atomic E-state index is 12.4. The maximum Gasteiger partial charge on any atom is 0.260 e. The molecule has 0 fully saturated rings. The van der Waals surface area contributed by atoms with Gasteiger partial charge in [-0.3, -0.25) is 4.79 Å². The topological polar surface area (TPSA) is 95.8 Å². The third kappa shape index (κ3) is 3.08. The van der Waals surface area contributed by atoms with Crippen LogP contribution in [0.5, 0.6) is 11.5 Å². The average molecular weight is 312 g/mol. The normalized spacial score (nSPS) is 17.7. The number of benzene rings is 1. The van der Waals surface area contributed by atoms with Crippen molar-refractivity contribution in [2.24, 2.45) is 4.99 Å². The number of aliphatic imine (C=N–C) groups is 1. The number of amides is 1. The lowest BCUT2D eigenvalue weighted by molar-refractivity contribution is -0.112. The lowest BCUT2D eigenvalue weighted by atomic mass is 10.2. The van der Waals surface area contributed by atoms with Gasteiger partial charge in [0.15, 0.2) is 11.5 Å². The Bertz CT molecular complexity index is 778. The molecule has 1 amide bonds. The standard InChI is InChI=1S/C16H16N4O3/c1-9-5-10(2)19-15(18-9)12(7-17)16(21)20-11-3-4-13-14(6-11)23-8-22-13/h3-7,17-18H,8H2,1-2H3,(H,20,21)/b15-12-,17-7?. The largest absolute Gasteiger partial charge is 0.454 e. The summed E-state index contributed by atoms with van der Waals surface area (Å²) in [7, 11) is 0. The fraction of sp³-hybridized carbons (Fsp3) is 0.188. The summed E-state index contributed by atoms with van der Waals surface area (Å²) in [6, 6.07) is 5.12. The van der Waals surface area contributed by atoms with E-state index in [0.29, 0.717) is 23.0 Å². The summed E-state index contributed by atoms with van der Waals surface area (Å²) in [5, 5.41) is 13.3. The van der Waals surface area contributed by atoms with E-state index in [9.17, 15) is 4.79 Å². The molecule has 118 valence electrons. The van der Waals surface area contributed by atoms with E-state index < -0.39 is 5.91 Å². The Kier molecular flexibility index (Phi) is 3.84. The van der Waals surface area contributed by atoms with Gasteiger partial charge in [0.1, 0.15) is 5.82 Å². The van der Waals surface area contributed by atoms with E-state index >= 15 is 0 Å². The Labute approximate surface area is 133 Å². The monoisotopic (exact) mass is 312 g/mol. The fourth-order valence-electron chi connectivity index (χ4n) is 2.31. The molecule has 1 aromatic carbocycles. The van der Waals surface area contributed by atoms with Gasteiger partial charge in [-0.05, 0) is 32.1 Å². The molecule has 0 radical (unpaired) electrons. The summed E-state index contributed by atoms with van der Waals surface area (Å²) < 4.78 is 10.5. The molecule has 0 saturated heterocycles. The van der Waals surface area contributed by atoms with E-state index in [1.54, 1.807) is 18.2 Å². The molecule has 0 aliphatic carbocycles. The lowest BCUT2D eigenvalue weighted by Gasteiger charge is -2.16. The molecule has 2 heterocycles. The summed E-state index contributed by atoms with van der Waals surface area (Å²) in [4.78, 5) is 16.7. The Morgan fingerprint density at radius 2 is 2.13 bits per heavy atom. The van der Waals surface area contributed by atoms with Crippen molar-refractivity contribution in [3.63, 3.8) is 0 Å². The predicted octanol–water partition coefficient (Wildman–Crippen LogP) is 2.18. The molecule has 3 rings (SSSR count). The van der Waals surface area contributed by atoms with E-state index in [-0.39, 0.29) is 12.4 Å². The maximum absolute atomic E-state index is 12.4. The fourth-order valence-corrected chi connectivity index (χ4v) is 2.31. The number of hydrogen-bond donors (Lipinski definition) is 3. The van der Waals surface area contributed by atoms with Gasteiger partial charge < -0.3 is 25.5 Å². The third-order valence-electron chi connectivity index (χ3n) is 3.30. The molecule has 1 aromatic rings. The number of hydrogen-bond acceptors (Lipinski definition) is 6. The number of anilines is 1. The van der Waals surface area contributed by atoms with Gasteiger partial charge in [-0.25, -0.2) is 4.99 Å². The first-order valence-electron chi connectivity index (χ1n) is 7.03. The molecule has 7 heteroatoms. The molecule has 23 heavy (non-hydrogen) atoms. The number of rotatable bonds is 3. The van der Waals surface area contributed by atoms with Crippen molar-refractivity contribution in [1.82, 2.24) is 5.32 Å². The molecule has 2 aliphatic heterocycles. The number of fused-ring (bicyclic) bond motifs is 1. The highest BCUT2D eigenvalue weighted by atomic mass is 16.7. The van der Waals surface area contributed by atoms with E-state index in [1.165, 1.54) is 0 Å². The van der Waals surface area contributed by atoms with Crippen molar-refractivity contribution in [1.29, 1.82) is 5.41 Å². The van der Waals surface area contributed by atoms with Crippen molar-refractivity contribution in [3.05, 3.63) is 41.4 Å². The first-order valence-corrected chi connectivity index (χ1v) is 7.03. The van der Waals surface area contributed by atoms with Gasteiger partial charge >= 0.3 is 0 Å². The summed E-state index contributed by atoms with van der Waals surface area (Å²) in [6.07, 6.45) is 2.85. The van der Waals surface area contributed by atoms with Gasteiger partial charge in [-0.15, -0.1) is 0 Å². The number of carbonyl (C=O) groups is 1. The van der Waals surface area contributed by atoms with Crippen molar-refractivity contribution >= 4 is 23.5 Å². The van der Waals surface area contributed by atoms with Crippen LogP contribution in [0.3, 0.4) is 0 Å². The second-order valence-electron chi connectivity index (χ2n) is 5.13. The number of allylic oxidation sites excluding steroid dienone is 2. The van der Waals surface area contributed by atoms with Crippen LogP contribution in [0.2, 0.25) is 0 Å². The highest BCUT2D eigenvalue weighted by molar-refractivity contribution is 6.18. The van der Waals surface area contributed by atoms with Gasteiger partial charge in [-0.1, -0.05) is 0 Å². The van der Waals surface area contributed by atoms with Gasteiger partial charge in [0.2, 0.25) is 6.79 Å². The van der Waals surface area contributed by atoms with Crippen LogP contribution < -0.4 is 20.1 Å². The zero-order valence-corrected chi connectivity index (χ0v) is 12.8. The van der Waals surface area contributed by atoms with Gasteiger partial charge in [0.25, 0.3) is 5.91 Å². The molecule has 0 saturated carbocycles. The van der Waals surface area contributed by atoms with Crippen molar-refractivity contribution in [2.75, 3.05) is 12.1 Å². The summed E-state index contributed by atoms with van der Waals surface area (Å²) in [5.41, 5.74) is 2.34. The Hall–Kier alpha value is -3.09. The molecule has 0 aromatic heterocycles. The quantitative estimate of drug-likeness (QED) is 0.589. The zero-order valence-electron chi connectivity index (χ0n) is 12.8. The second kappa shape index (κ2) is 5.96. The first-order chi connectivity index (χ1) is 11.1. The highest BCUT2D eigenvalue weighted by Crippen LogP contribution is 2.34. The number of carbonyl (C=O) groups excluding carboxylic acids is 1. The van der Waals surface area contributed by atoms with Crippen LogP contribution in [0, 0.1) is 5.41 Å². The number of nitrogens with zero attached hydrogens (tertiary/aromatic N) is 1. The smallest absolute Gasteiger partial charge is 0.260 e. The Balaban J connectivity index is 1.84. The summed E-state index contributed by atoms with van der Waals surface area (Å²) >= 11 is 0. The van der Waals surface area contributed by atoms with Crippen LogP contribution in [0.1, 0.15) is 13.8 Å². The number of ether oxygens (including phenoxy) is 2. The zero-order chi connectivity index (χ0) is 16.4. The Morgan fingerprint density at radius 1 is 1.35 bits per heavy atom. The minimum Gasteiger partial charge on any atom is -0.454 e. The molecule has 7 nitrogen and oxygen atoms in total. The van der Waals surface area contributed by atoms with Crippen molar-refractivity contribution in [2.45, 2.75) is 13.8 Å². The highest BCUT2D eigenvalue weighted by Gasteiger charge is 2.18. The van der Waals surface area contributed by atoms with Gasteiger partial charge in [0, 0.05) is 29.4 Å². The molecule has 0 spiro atoms. The molecule has 3 N–H and O–H groups in total. The van der Waals surface area contributed by atoms with Crippen molar-refractivity contribution in [3.8, 4) is 11.5 Å². The predicted molar refractivity (Wildman–Crippen MR) is 87.0 cm³/mol. The molecular weight excluding hydrogens is 296 g/mol. The average Bonchev–Trinajstić information content (AvgIpc) is 2.94.